The molecule has 1 aromatic carbocycles. The molecule has 6 nitrogen and oxygen atoms in total. The highest BCUT2D eigenvalue weighted by atomic mass is 16.5. The van der Waals surface area contributed by atoms with Gasteiger partial charge < -0.3 is 9.47 Å². The average Bonchev–Trinajstić information content (AvgIpc) is 2.47. The van der Waals surface area contributed by atoms with Crippen molar-refractivity contribution in [3.63, 3.8) is 0 Å². The van der Waals surface area contributed by atoms with Crippen molar-refractivity contribution in [1.29, 1.82) is 0 Å². The zero-order valence-electron chi connectivity index (χ0n) is 11.6. The predicted molar refractivity (Wildman–Crippen MR) is 73.6 cm³/mol. The van der Waals surface area contributed by atoms with Crippen LogP contribution in [0.3, 0.4) is 0 Å². The van der Waals surface area contributed by atoms with Crippen LogP contribution in [0.15, 0.2) is 18.2 Å². The summed E-state index contributed by atoms with van der Waals surface area (Å²) in [7, 11) is 2.86. The molecule has 0 aliphatic carbocycles. The van der Waals surface area contributed by atoms with Crippen molar-refractivity contribution in [2.24, 2.45) is 0 Å². The summed E-state index contributed by atoms with van der Waals surface area (Å²) in [6.45, 7) is 0. The zero-order chi connectivity index (χ0) is 14.5. The maximum atomic E-state index is 12.2. The molecule has 0 bridgehead atoms. The third-order valence-corrected chi connectivity index (χ3v) is 3.25. The quantitative estimate of drug-likeness (QED) is 0.898. The van der Waals surface area contributed by atoms with Crippen LogP contribution in [0.1, 0.15) is 24.8 Å². The van der Waals surface area contributed by atoms with Crippen molar-refractivity contribution in [2.75, 3.05) is 19.2 Å². The van der Waals surface area contributed by atoms with E-state index in [1.54, 1.807) is 19.2 Å². The van der Waals surface area contributed by atoms with E-state index in [9.17, 15) is 9.59 Å². The van der Waals surface area contributed by atoms with Gasteiger partial charge in [-0.05, 0) is 43.0 Å². The molecule has 2 rings (SSSR count). The van der Waals surface area contributed by atoms with Gasteiger partial charge in [-0.15, -0.1) is 0 Å². The molecule has 1 N–H and O–H groups in total. The molecule has 0 fully saturated rings. The molecule has 0 unspecified atom stereocenters. The van der Waals surface area contributed by atoms with Gasteiger partial charge in [0.2, 0.25) is 5.91 Å². The molecule has 20 heavy (non-hydrogen) atoms. The van der Waals surface area contributed by atoms with Gasteiger partial charge in [0.1, 0.15) is 5.75 Å². The van der Waals surface area contributed by atoms with Crippen molar-refractivity contribution in [1.82, 2.24) is 5.43 Å². The normalized spacial score (nSPS) is 14.9. The van der Waals surface area contributed by atoms with Gasteiger partial charge in [-0.25, -0.2) is 15.2 Å². The summed E-state index contributed by atoms with van der Waals surface area (Å²) in [5, 5.41) is 1.26. The summed E-state index contributed by atoms with van der Waals surface area (Å²) in [4.78, 5) is 23.6. The lowest BCUT2D eigenvalue weighted by Crippen LogP contribution is -2.47. The van der Waals surface area contributed by atoms with Crippen LogP contribution in [0.25, 0.3) is 0 Å². The number of nitrogens with zero attached hydrogens (tertiary/aromatic N) is 1. The molecule has 1 aromatic rings. The zero-order valence-corrected chi connectivity index (χ0v) is 11.6. The molecule has 2 amide bonds. The summed E-state index contributed by atoms with van der Waals surface area (Å²) in [6.07, 6.45) is 2.28. The lowest BCUT2D eigenvalue weighted by atomic mass is 10.0. The van der Waals surface area contributed by atoms with E-state index in [1.807, 2.05) is 6.07 Å². The molecular formula is C14H18N2O4. The number of amides is 2. The molecule has 1 aliphatic heterocycles. The number of ether oxygens (including phenoxy) is 2. The average molecular weight is 278 g/mol. The highest BCUT2D eigenvalue weighted by Gasteiger charge is 2.23. The number of methoxy groups -OCH3 is 2. The van der Waals surface area contributed by atoms with Gasteiger partial charge >= 0.3 is 6.09 Å². The van der Waals surface area contributed by atoms with E-state index >= 15 is 0 Å². The second-order valence-corrected chi connectivity index (χ2v) is 4.53. The number of carbonyl (C=O) groups is 2. The highest BCUT2D eigenvalue weighted by Crippen LogP contribution is 2.28. The molecule has 1 heterocycles. The molecule has 6 heteroatoms. The minimum Gasteiger partial charge on any atom is -0.497 e. The van der Waals surface area contributed by atoms with Crippen LogP contribution in [0, 0.1) is 0 Å². The van der Waals surface area contributed by atoms with Crippen LogP contribution in [-0.2, 0) is 16.0 Å². The third kappa shape index (κ3) is 3.01. The van der Waals surface area contributed by atoms with E-state index in [0.717, 1.165) is 30.6 Å². The maximum absolute atomic E-state index is 12.2. The molecule has 1 aliphatic rings. The first-order chi connectivity index (χ1) is 9.65. The highest BCUT2D eigenvalue weighted by molar-refractivity contribution is 5.96. The van der Waals surface area contributed by atoms with E-state index < -0.39 is 6.09 Å². The third-order valence-electron chi connectivity index (χ3n) is 3.25. The van der Waals surface area contributed by atoms with Gasteiger partial charge in [0, 0.05) is 6.42 Å². The van der Waals surface area contributed by atoms with E-state index in [0.29, 0.717) is 12.1 Å². The summed E-state index contributed by atoms with van der Waals surface area (Å²) in [6, 6.07) is 5.42. The van der Waals surface area contributed by atoms with Crippen LogP contribution in [0.4, 0.5) is 10.5 Å². The van der Waals surface area contributed by atoms with Crippen molar-refractivity contribution in [2.45, 2.75) is 25.7 Å². The Kier molecular flexibility index (Phi) is 4.45. The van der Waals surface area contributed by atoms with Gasteiger partial charge in [-0.2, -0.15) is 0 Å². The summed E-state index contributed by atoms with van der Waals surface area (Å²) in [5.74, 6) is 0.580. The topological polar surface area (TPSA) is 67.9 Å². The van der Waals surface area contributed by atoms with E-state index in [4.69, 9.17) is 4.74 Å². The SMILES string of the molecule is COC(=O)NN1C(=O)CCCCc2cc(OC)ccc21. The molecule has 0 saturated heterocycles. The van der Waals surface area contributed by atoms with Crippen molar-refractivity contribution in [3.05, 3.63) is 23.8 Å². The van der Waals surface area contributed by atoms with Gasteiger partial charge in [-0.1, -0.05) is 0 Å². The molecular weight excluding hydrogens is 260 g/mol. The van der Waals surface area contributed by atoms with Crippen LogP contribution >= 0.6 is 0 Å². The molecule has 0 aromatic heterocycles. The smallest absolute Gasteiger partial charge is 0.426 e. The number of aryl methyl sites for hydroxylation is 1. The fourth-order valence-electron chi connectivity index (χ4n) is 2.20. The number of fused-ring (bicyclic) bond motifs is 1. The summed E-state index contributed by atoms with van der Waals surface area (Å²) in [5.41, 5.74) is 4.10. The number of benzene rings is 1. The monoisotopic (exact) mass is 278 g/mol. The first kappa shape index (κ1) is 14.2. The van der Waals surface area contributed by atoms with Crippen LogP contribution in [0.2, 0.25) is 0 Å². The van der Waals surface area contributed by atoms with E-state index in [-0.39, 0.29) is 5.91 Å². The van der Waals surface area contributed by atoms with Crippen LogP contribution in [-0.4, -0.2) is 26.2 Å². The Morgan fingerprint density at radius 2 is 2.00 bits per heavy atom. The Morgan fingerprint density at radius 1 is 1.25 bits per heavy atom. The van der Waals surface area contributed by atoms with Crippen molar-refractivity contribution >= 4 is 17.7 Å². The first-order valence-corrected chi connectivity index (χ1v) is 6.50. The fourth-order valence-corrected chi connectivity index (χ4v) is 2.20. The number of rotatable bonds is 2. The Bertz CT molecular complexity index is 516. The van der Waals surface area contributed by atoms with Crippen molar-refractivity contribution < 1.29 is 19.1 Å². The fraction of sp³-hybridized carbons (Fsp3) is 0.429. The second kappa shape index (κ2) is 6.27. The predicted octanol–water partition coefficient (Wildman–Crippen LogP) is 2.03. The lowest BCUT2D eigenvalue weighted by Gasteiger charge is -2.27. The van der Waals surface area contributed by atoms with E-state index in [2.05, 4.69) is 10.2 Å². The maximum Gasteiger partial charge on any atom is 0.426 e. The number of hydrazine groups is 1. The molecule has 0 spiro atoms. The Labute approximate surface area is 117 Å². The van der Waals surface area contributed by atoms with Gasteiger partial charge in [0.15, 0.2) is 0 Å². The molecule has 0 saturated carbocycles. The number of nitrogens with one attached hydrogen (secondary N) is 1. The Balaban J connectivity index is 2.38. The van der Waals surface area contributed by atoms with Crippen LogP contribution < -0.4 is 15.2 Å². The van der Waals surface area contributed by atoms with Crippen molar-refractivity contribution in [3.8, 4) is 5.75 Å². The molecule has 108 valence electrons. The summed E-state index contributed by atoms with van der Waals surface area (Å²) < 4.78 is 9.77. The minimum absolute atomic E-state index is 0.151. The Hall–Kier alpha value is -2.24. The first-order valence-electron chi connectivity index (χ1n) is 6.50. The van der Waals surface area contributed by atoms with Gasteiger partial charge in [0.05, 0.1) is 19.9 Å². The minimum atomic E-state index is -0.666. The van der Waals surface area contributed by atoms with Crippen LogP contribution in [0.5, 0.6) is 5.75 Å². The number of anilines is 1. The Morgan fingerprint density at radius 3 is 2.70 bits per heavy atom. The van der Waals surface area contributed by atoms with Gasteiger partial charge in [-0.3, -0.25) is 4.79 Å². The molecule has 0 atom stereocenters. The standard InChI is InChI=1S/C14H18N2O4/c1-19-11-7-8-12-10(9-11)5-3-4-6-13(17)16(12)15-14(18)20-2/h7-9H,3-6H2,1-2H3,(H,15,18). The lowest BCUT2D eigenvalue weighted by molar-refractivity contribution is -0.119. The number of carbonyl (C=O) groups excluding carboxylic acids is 2. The van der Waals surface area contributed by atoms with Gasteiger partial charge in [0.25, 0.3) is 0 Å². The van der Waals surface area contributed by atoms with E-state index in [1.165, 1.54) is 12.1 Å². The summed E-state index contributed by atoms with van der Waals surface area (Å²) >= 11 is 0. The molecule has 0 radical (unpaired) electrons. The number of hydrogen-bond donors (Lipinski definition) is 1. The number of hydrogen-bond acceptors (Lipinski definition) is 4. The second-order valence-electron chi connectivity index (χ2n) is 4.53. The largest absolute Gasteiger partial charge is 0.497 e.